The standard InChI is InChI=1S/C21H17IN2O4S2/c22-14-4-6-15(7-5-14)23-19(25)2-1-9-24-20(26)18(30-21(24)29)11-13-3-8-16-17(10-13)28-12-27-16/h3-8,10-11H,1-2,9,12H2,(H,23,25). The van der Waals surface area contributed by atoms with Crippen LogP contribution in [0.5, 0.6) is 11.5 Å². The molecule has 1 N–H and O–H groups in total. The minimum atomic E-state index is -0.138. The van der Waals surface area contributed by atoms with Crippen molar-refractivity contribution in [2.75, 3.05) is 18.7 Å². The minimum Gasteiger partial charge on any atom is -0.454 e. The van der Waals surface area contributed by atoms with Gasteiger partial charge in [-0.05, 0) is 77.0 Å². The van der Waals surface area contributed by atoms with Crippen LogP contribution >= 0.6 is 46.6 Å². The van der Waals surface area contributed by atoms with Crippen molar-refractivity contribution in [1.29, 1.82) is 0 Å². The zero-order valence-electron chi connectivity index (χ0n) is 15.7. The van der Waals surface area contributed by atoms with E-state index < -0.39 is 0 Å². The summed E-state index contributed by atoms with van der Waals surface area (Å²) < 4.78 is 12.3. The zero-order chi connectivity index (χ0) is 21.1. The van der Waals surface area contributed by atoms with Gasteiger partial charge in [0.25, 0.3) is 5.91 Å². The maximum absolute atomic E-state index is 12.7. The summed E-state index contributed by atoms with van der Waals surface area (Å²) in [5.41, 5.74) is 1.61. The molecule has 0 unspecified atom stereocenters. The van der Waals surface area contributed by atoms with Crippen molar-refractivity contribution >= 4 is 74.5 Å². The monoisotopic (exact) mass is 552 g/mol. The Morgan fingerprint density at radius 1 is 1.20 bits per heavy atom. The summed E-state index contributed by atoms with van der Waals surface area (Å²) in [5, 5.41) is 2.86. The predicted molar refractivity (Wildman–Crippen MR) is 129 cm³/mol. The molecular formula is C21H17IN2O4S2. The SMILES string of the molecule is O=C(CCCN1C(=O)C(=Cc2ccc3c(c2)OCO3)SC1=S)Nc1ccc(I)cc1. The van der Waals surface area contributed by atoms with E-state index in [-0.39, 0.29) is 18.6 Å². The van der Waals surface area contributed by atoms with Gasteiger partial charge in [0.05, 0.1) is 4.91 Å². The molecule has 0 bridgehead atoms. The van der Waals surface area contributed by atoms with Crippen molar-refractivity contribution in [2.24, 2.45) is 0 Å². The first kappa shape index (κ1) is 21.1. The zero-order valence-corrected chi connectivity index (χ0v) is 19.5. The van der Waals surface area contributed by atoms with Gasteiger partial charge in [0.15, 0.2) is 11.5 Å². The molecule has 2 aliphatic heterocycles. The number of hydrogen-bond acceptors (Lipinski definition) is 6. The highest BCUT2D eigenvalue weighted by Gasteiger charge is 2.31. The molecule has 2 aromatic rings. The number of amides is 2. The molecule has 0 atom stereocenters. The summed E-state index contributed by atoms with van der Waals surface area (Å²) in [7, 11) is 0. The number of anilines is 1. The van der Waals surface area contributed by atoms with E-state index in [0.717, 1.165) is 14.8 Å². The highest BCUT2D eigenvalue weighted by atomic mass is 127. The van der Waals surface area contributed by atoms with Gasteiger partial charge in [0.1, 0.15) is 4.32 Å². The number of nitrogens with one attached hydrogen (secondary N) is 1. The molecule has 0 saturated carbocycles. The van der Waals surface area contributed by atoms with Gasteiger partial charge in [-0.2, -0.15) is 0 Å². The fourth-order valence-electron chi connectivity index (χ4n) is 3.00. The lowest BCUT2D eigenvalue weighted by molar-refractivity contribution is -0.122. The molecule has 0 aromatic heterocycles. The number of nitrogens with zero attached hydrogens (tertiary/aromatic N) is 1. The Balaban J connectivity index is 1.32. The summed E-state index contributed by atoms with van der Waals surface area (Å²) >= 11 is 8.85. The first-order valence-corrected chi connectivity index (χ1v) is 11.5. The topological polar surface area (TPSA) is 67.9 Å². The first-order valence-electron chi connectivity index (χ1n) is 9.20. The summed E-state index contributed by atoms with van der Waals surface area (Å²) in [4.78, 5) is 27.0. The lowest BCUT2D eigenvalue weighted by atomic mass is 10.2. The van der Waals surface area contributed by atoms with Crippen molar-refractivity contribution in [3.63, 3.8) is 0 Å². The van der Waals surface area contributed by atoms with E-state index in [1.165, 1.54) is 11.8 Å². The number of carbonyl (C=O) groups is 2. The Morgan fingerprint density at radius 3 is 2.77 bits per heavy atom. The molecule has 4 rings (SSSR count). The molecule has 2 amide bonds. The lowest BCUT2D eigenvalue weighted by Crippen LogP contribution is -2.29. The third-order valence-corrected chi connectivity index (χ3v) is 6.58. The fourth-order valence-corrected chi connectivity index (χ4v) is 4.67. The molecule has 0 aliphatic carbocycles. The van der Waals surface area contributed by atoms with Crippen LogP contribution in [0.15, 0.2) is 47.4 Å². The van der Waals surface area contributed by atoms with E-state index >= 15 is 0 Å². The molecule has 2 aliphatic rings. The molecule has 6 nitrogen and oxygen atoms in total. The average molecular weight is 552 g/mol. The Labute approximate surface area is 197 Å². The number of benzene rings is 2. The normalized spacial score (nSPS) is 16.4. The van der Waals surface area contributed by atoms with Crippen LogP contribution in [-0.2, 0) is 9.59 Å². The highest BCUT2D eigenvalue weighted by molar-refractivity contribution is 14.1. The maximum Gasteiger partial charge on any atom is 0.266 e. The van der Waals surface area contributed by atoms with E-state index in [2.05, 4.69) is 27.9 Å². The molecule has 154 valence electrons. The molecule has 30 heavy (non-hydrogen) atoms. The van der Waals surface area contributed by atoms with Gasteiger partial charge in [0, 0.05) is 22.2 Å². The number of thioether (sulfide) groups is 1. The van der Waals surface area contributed by atoms with Gasteiger partial charge in [-0.1, -0.05) is 30.0 Å². The Morgan fingerprint density at radius 2 is 1.97 bits per heavy atom. The number of halogens is 1. The number of rotatable bonds is 6. The summed E-state index contributed by atoms with van der Waals surface area (Å²) in [6.07, 6.45) is 2.63. The number of hydrogen-bond donors (Lipinski definition) is 1. The lowest BCUT2D eigenvalue weighted by Gasteiger charge is -2.14. The second kappa shape index (κ2) is 9.36. The molecule has 1 saturated heterocycles. The van der Waals surface area contributed by atoms with Gasteiger partial charge in [-0.3, -0.25) is 14.5 Å². The summed E-state index contributed by atoms with van der Waals surface area (Å²) in [6, 6.07) is 13.1. The Bertz CT molecular complexity index is 1040. The summed E-state index contributed by atoms with van der Waals surface area (Å²) in [6.45, 7) is 0.612. The van der Waals surface area contributed by atoms with Crippen molar-refractivity contribution in [1.82, 2.24) is 4.90 Å². The minimum absolute atomic E-state index is 0.0856. The van der Waals surface area contributed by atoms with Gasteiger partial charge < -0.3 is 14.8 Å². The Hall–Kier alpha value is -2.11. The molecule has 0 radical (unpaired) electrons. The third kappa shape index (κ3) is 4.96. The van der Waals surface area contributed by atoms with Crippen LogP contribution < -0.4 is 14.8 Å². The first-order chi connectivity index (χ1) is 14.5. The number of carbonyl (C=O) groups excluding carboxylic acids is 2. The number of thiocarbonyl (C=S) groups is 1. The smallest absolute Gasteiger partial charge is 0.266 e. The van der Waals surface area contributed by atoms with Gasteiger partial charge in [-0.25, -0.2) is 0 Å². The molecule has 2 aromatic carbocycles. The van der Waals surface area contributed by atoms with Crippen molar-refractivity contribution < 1.29 is 19.1 Å². The predicted octanol–water partition coefficient (Wildman–Crippen LogP) is 4.64. The number of ether oxygens (including phenoxy) is 2. The quantitative estimate of drug-likeness (QED) is 0.320. The molecular weight excluding hydrogens is 535 g/mol. The average Bonchev–Trinajstić information content (AvgIpc) is 3.29. The highest BCUT2D eigenvalue weighted by Crippen LogP contribution is 2.36. The van der Waals surface area contributed by atoms with Gasteiger partial charge >= 0.3 is 0 Å². The molecule has 1 fully saturated rings. The van der Waals surface area contributed by atoms with Gasteiger partial charge in [-0.15, -0.1) is 0 Å². The largest absolute Gasteiger partial charge is 0.454 e. The van der Waals surface area contributed by atoms with Crippen molar-refractivity contribution in [3.8, 4) is 11.5 Å². The van der Waals surface area contributed by atoms with E-state index in [0.29, 0.717) is 40.1 Å². The van der Waals surface area contributed by atoms with Crippen LogP contribution in [0.25, 0.3) is 6.08 Å². The van der Waals surface area contributed by atoms with Crippen molar-refractivity contribution in [3.05, 3.63) is 56.5 Å². The van der Waals surface area contributed by atoms with Gasteiger partial charge in [0.2, 0.25) is 12.7 Å². The second-order valence-electron chi connectivity index (χ2n) is 6.60. The Kier molecular flexibility index (Phi) is 6.59. The van der Waals surface area contributed by atoms with Crippen LogP contribution in [0.3, 0.4) is 0 Å². The van der Waals surface area contributed by atoms with E-state index in [9.17, 15) is 9.59 Å². The van der Waals surface area contributed by atoms with Crippen LogP contribution in [0, 0.1) is 3.57 Å². The van der Waals surface area contributed by atoms with Crippen molar-refractivity contribution in [2.45, 2.75) is 12.8 Å². The van der Waals surface area contributed by atoms with E-state index in [4.69, 9.17) is 21.7 Å². The fraction of sp³-hybridized carbons (Fsp3) is 0.190. The molecule has 9 heteroatoms. The third-order valence-electron chi connectivity index (χ3n) is 4.48. The van der Waals surface area contributed by atoms with Crippen LogP contribution in [0.2, 0.25) is 0 Å². The number of fused-ring (bicyclic) bond motifs is 1. The van der Waals surface area contributed by atoms with Crippen LogP contribution in [0.4, 0.5) is 5.69 Å². The van der Waals surface area contributed by atoms with E-state index in [1.807, 2.05) is 42.5 Å². The van der Waals surface area contributed by atoms with Crippen LogP contribution in [0.1, 0.15) is 18.4 Å². The van der Waals surface area contributed by atoms with E-state index in [1.54, 1.807) is 11.0 Å². The molecule has 0 spiro atoms. The summed E-state index contributed by atoms with van der Waals surface area (Å²) in [5.74, 6) is 1.14. The van der Waals surface area contributed by atoms with Crippen LogP contribution in [-0.4, -0.2) is 34.4 Å². The second-order valence-corrected chi connectivity index (χ2v) is 9.53. The maximum atomic E-state index is 12.7. The molecule has 2 heterocycles.